The highest BCUT2D eigenvalue weighted by Crippen LogP contribution is 2.17. The van der Waals surface area contributed by atoms with E-state index in [1.54, 1.807) is 14.2 Å². The molecule has 0 fully saturated rings. The average Bonchev–Trinajstić information content (AvgIpc) is 2.19. The van der Waals surface area contributed by atoms with Crippen LogP contribution >= 0.6 is 0 Å². The Morgan fingerprint density at radius 1 is 1.43 bits per heavy atom. The van der Waals surface area contributed by atoms with Gasteiger partial charge < -0.3 is 14.2 Å². The van der Waals surface area contributed by atoms with Gasteiger partial charge in [0.1, 0.15) is 12.2 Å². The van der Waals surface area contributed by atoms with Crippen LogP contribution in [-0.4, -0.2) is 39.1 Å². The highest BCUT2D eigenvalue weighted by atomic mass is 16.6. The maximum Gasteiger partial charge on any atom is 0.111 e. The molecule has 14 heavy (non-hydrogen) atoms. The van der Waals surface area contributed by atoms with E-state index in [9.17, 15) is 0 Å². The summed E-state index contributed by atoms with van der Waals surface area (Å²) in [5, 5.41) is 0. The van der Waals surface area contributed by atoms with Crippen LogP contribution in [0.25, 0.3) is 0 Å². The van der Waals surface area contributed by atoms with E-state index >= 15 is 0 Å². The fourth-order valence-corrected chi connectivity index (χ4v) is 1.53. The third kappa shape index (κ3) is 2.94. The lowest BCUT2D eigenvalue weighted by Gasteiger charge is -2.30. The third-order valence-electron chi connectivity index (χ3n) is 2.23. The van der Waals surface area contributed by atoms with Gasteiger partial charge in [-0.25, -0.2) is 0 Å². The highest BCUT2D eigenvalue weighted by molar-refractivity contribution is 5.04. The molecule has 0 amide bonds. The van der Waals surface area contributed by atoms with Gasteiger partial charge in [-0.15, -0.1) is 6.58 Å². The van der Waals surface area contributed by atoms with Crippen molar-refractivity contribution in [2.24, 2.45) is 0 Å². The van der Waals surface area contributed by atoms with Crippen molar-refractivity contribution in [2.45, 2.75) is 24.7 Å². The van der Waals surface area contributed by atoms with Crippen LogP contribution in [-0.2, 0) is 14.2 Å². The Morgan fingerprint density at radius 3 is 2.79 bits per heavy atom. The summed E-state index contributed by atoms with van der Waals surface area (Å²) >= 11 is 0. The van der Waals surface area contributed by atoms with Crippen LogP contribution in [0.4, 0.5) is 0 Å². The Kier molecular flexibility index (Phi) is 4.87. The molecule has 0 N–H and O–H groups in total. The first-order valence-corrected chi connectivity index (χ1v) is 4.78. The van der Waals surface area contributed by atoms with Crippen molar-refractivity contribution in [3.63, 3.8) is 0 Å². The van der Waals surface area contributed by atoms with Gasteiger partial charge in [0.25, 0.3) is 0 Å². The minimum Gasteiger partial charge on any atom is -0.382 e. The van der Waals surface area contributed by atoms with Gasteiger partial charge in [0.05, 0.1) is 12.7 Å². The lowest BCUT2D eigenvalue weighted by Crippen LogP contribution is -2.39. The molecule has 1 rings (SSSR count). The zero-order chi connectivity index (χ0) is 10.4. The van der Waals surface area contributed by atoms with Crippen LogP contribution in [0, 0.1) is 0 Å². The normalized spacial score (nSPS) is 31.7. The minimum atomic E-state index is -0.0139. The summed E-state index contributed by atoms with van der Waals surface area (Å²) in [6, 6.07) is 0. The Bertz CT molecular complexity index is 201. The maximum absolute atomic E-state index is 5.76. The molecule has 0 unspecified atom stereocenters. The molecule has 0 saturated heterocycles. The van der Waals surface area contributed by atoms with Crippen molar-refractivity contribution < 1.29 is 14.2 Å². The summed E-state index contributed by atoms with van der Waals surface area (Å²) in [5.74, 6) is 0. The fraction of sp³-hybridized carbons (Fsp3) is 0.636. The zero-order valence-electron chi connectivity index (χ0n) is 8.81. The lowest BCUT2D eigenvalue weighted by atomic mass is 10.1. The summed E-state index contributed by atoms with van der Waals surface area (Å²) < 4.78 is 16.1. The number of ether oxygens (including phenoxy) is 3. The van der Waals surface area contributed by atoms with Crippen LogP contribution in [0.5, 0.6) is 0 Å². The van der Waals surface area contributed by atoms with E-state index in [0.29, 0.717) is 6.61 Å². The standard InChI is InChI=1S/C11H18O3/c1-4-5-9-6-7-10(13-3)11(14-9)8-12-2/h4,6-7,9-11H,1,5,8H2,2-3H3/t9-,10+,11-/m1/s1. The van der Waals surface area contributed by atoms with Crippen LogP contribution in [0.1, 0.15) is 6.42 Å². The van der Waals surface area contributed by atoms with Crippen molar-refractivity contribution in [3.8, 4) is 0 Å². The van der Waals surface area contributed by atoms with Crippen molar-refractivity contribution >= 4 is 0 Å². The predicted octanol–water partition coefficient (Wildman–Crippen LogP) is 1.55. The molecule has 3 atom stereocenters. The molecule has 0 saturated carbocycles. The molecule has 0 aromatic rings. The number of methoxy groups -OCH3 is 2. The van der Waals surface area contributed by atoms with Crippen molar-refractivity contribution in [3.05, 3.63) is 24.8 Å². The average molecular weight is 198 g/mol. The number of hydrogen-bond donors (Lipinski definition) is 0. The van der Waals surface area contributed by atoms with E-state index in [-0.39, 0.29) is 18.3 Å². The Morgan fingerprint density at radius 2 is 2.21 bits per heavy atom. The monoisotopic (exact) mass is 198 g/mol. The smallest absolute Gasteiger partial charge is 0.111 e. The van der Waals surface area contributed by atoms with Gasteiger partial charge in [-0.05, 0) is 6.42 Å². The molecular formula is C11H18O3. The Balaban J connectivity index is 2.55. The molecule has 0 bridgehead atoms. The summed E-state index contributed by atoms with van der Waals surface area (Å²) in [7, 11) is 3.34. The molecule has 1 aliphatic heterocycles. The van der Waals surface area contributed by atoms with Gasteiger partial charge in [0.2, 0.25) is 0 Å². The molecule has 0 aliphatic carbocycles. The first-order chi connectivity index (χ1) is 6.81. The summed E-state index contributed by atoms with van der Waals surface area (Å²) in [6.07, 6.45) is 6.82. The van der Waals surface area contributed by atoms with E-state index in [1.807, 2.05) is 18.2 Å². The van der Waals surface area contributed by atoms with E-state index < -0.39 is 0 Å². The van der Waals surface area contributed by atoms with E-state index in [2.05, 4.69) is 6.58 Å². The molecule has 1 heterocycles. The van der Waals surface area contributed by atoms with Crippen LogP contribution in [0.3, 0.4) is 0 Å². The van der Waals surface area contributed by atoms with Crippen LogP contribution < -0.4 is 0 Å². The van der Waals surface area contributed by atoms with Gasteiger partial charge in [0, 0.05) is 14.2 Å². The van der Waals surface area contributed by atoms with E-state index in [1.165, 1.54) is 0 Å². The number of hydrogen-bond acceptors (Lipinski definition) is 3. The molecule has 0 aromatic carbocycles. The zero-order valence-corrected chi connectivity index (χ0v) is 8.81. The summed E-state index contributed by atoms with van der Waals surface area (Å²) in [4.78, 5) is 0. The van der Waals surface area contributed by atoms with Gasteiger partial charge in [-0.1, -0.05) is 18.2 Å². The molecular weight excluding hydrogens is 180 g/mol. The lowest BCUT2D eigenvalue weighted by molar-refractivity contribution is -0.0960. The van der Waals surface area contributed by atoms with Crippen molar-refractivity contribution in [2.75, 3.05) is 20.8 Å². The SMILES string of the molecule is C=CC[C@@H]1C=C[C@H](OC)[C@@H](COC)O1. The first kappa shape index (κ1) is 11.4. The van der Waals surface area contributed by atoms with Gasteiger partial charge in [0.15, 0.2) is 0 Å². The predicted molar refractivity (Wildman–Crippen MR) is 55.3 cm³/mol. The maximum atomic E-state index is 5.76. The minimum absolute atomic E-state index is 0.00369. The Labute approximate surface area is 85.3 Å². The van der Waals surface area contributed by atoms with Crippen LogP contribution in [0.2, 0.25) is 0 Å². The van der Waals surface area contributed by atoms with Crippen LogP contribution in [0.15, 0.2) is 24.8 Å². The van der Waals surface area contributed by atoms with Crippen molar-refractivity contribution in [1.82, 2.24) is 0 Å². The van der Waals surface area contributed by atoms with E-state index in [0.717, 1.165) is 6.42 Å². The molecule has 0 aromatic heterocycles. The topological polar surface area (TPSA) is 27.7 Å². The number of rotatable bonds is 5. The quantitative estimate of drug-likeness (QED) is 0.627. The molecule has 0 radical (unpaired) electrons. The Hall–Kier alpha value is -0.640. The fourth-order valence-electron chi connectivity index (χ4n) is 1.53. The molecule has 1 aliphatic rings. The summed E-state index contributed by atoms with van der Waals surface area (Å²) in [6.45, 7) is 4.24. The second-order valence-electron chi connectivity index (χ2n) is 3.28. The molecule has 0 spiro atoms. The third-order valence-corrected chi connectivity index (χ3v) is 2.23. The molecule has 3 nitrogen and oxygen atoms in total. The van der Waals surface area contributed by atoms with Gasteiger partial charge in [-0.2, -0.15) is 0 Å². The first-order valence-electron chi connectivity index (χ1n) is 4.78. The van der Waals surface area contributed by atoms with Crippen molar-refractivity contribution in [1.29, 1.82) is 0 Å². The largest absolute Gasteiger partial charge is 0.382 e. The molecule has 3 heteroatoms. The summed E-state index contributed by atoms with van der Waals surface area (Å²) in [5.41, 5.74) is 0. The highest BCUT2D eigenvalue weighted by Gasteiger charge is 2.26. The van der Waals surface area contributed by atoms with Gasteiger partial charge in [-0.3, -0.25) is 0 Å². The van der Waals surface area contributed by atoms with Gasteiger partial charge >= 0.3 is 0 Å². The second kappa shape index (κ2) is 5.96. The molecule has 80 valence electrons. The second-order valence-corrected chi connectivity index (χ2v) is 3.28. The van der Waals surface area contributed by atoms with E-state index in [4.69, 9.17) is 14.2 Å².